The summed E-state index contributed by atoms with van der Waals surface area (Å²) in [6.07, 6.45) is 3.67. The van der Waals surface area contributed by atoms with Crippen LogP contribution in [0.2, 0.25) is 0 Å². The van der Waals surface area contributed by atoms with E-state index in [1.807, 2.05) is 24.8 Å². The first-order valence-corrected chi connectivity index (χ1v) is 10.1. The van der Waals surface area contributed by atoms with E-state index < -0.39 is 0 Å². The van der Waals surface area contributed by atoms with Gasteiger partial charge in [0.05, 0.1) is 0 Å². The van der Waals surface area contributed by atoms with Crippen LogP contribution in [-0.2, 0) is 0 Å². The Balaban J connectivity index is 1.77. The molecule has 0 unspecified atom stereocenters. The molecule has 1 saturated carbocycles. The fourth-order valence-corrected chi connectivity index (χ4v) is 3.90. The number of aromatic amines is 1. The molecule has 1 saturated heterocycles. The number of carbonyl (C=O) groups is 1. The van der Waals surface area contributed by atoms with E-state index in [-0.39, 0.29) is 22.9 Å². The third kappa shape index (κ3) is 4.37. The smallest absolute Gasteiger partial charge is 0.261 e. The summed E-state index contributed by atoms with van der Waals surface area (Å²) >= 11 is 0. The van der Waals surface area contributed by atoms with Crippen LogP contribution in [0.4, 0.5) is 0 Å². The van der Waals surface area contributed by atoms with Gasteiger partial charge in [0.15, 0.2) is 0 Å². The highest BCUT2D eigenvalue weighted by atomic mass is 16.2. The van der Waals surface area contributed by atoms with Crippen molar-refractivity contribution in [2.75, 3.05) is 26.2 Å². The van der Waals surface area contributed by atoms with E-state index in [4.69, 9.17) is 0 Å². The van der Waals surface area contributed by atoms with Crippen molar-refractivity contribution in [1.29, 1.82) is 0 Å². The van der Waals surface area contributed by atoms with Gasteiger partial charge in [-0.05, 0) is 49.1 Å². The average Bonchev–Trinajstić information content (AvgIpc) is 3.41. The maximum absolute atomic E-state index is 13.1. The first kappa shape index (κ1) is 19.2. The number of hydrogen-bond donors (Lipinski definition) is 1. The zero-order valence-electron chi connectivity index (χ0n) is 16.6. The quantitative estimate of drug-likeness (QED) is 0.879. The Morgan fingerprint density at radius 1 is 1.19 bits per heavy atom. The normalized spacial score (nSPS) is 22.1. The third-order valence-corrected chi connectivity index (χ3v) is 5.78. The Morgan fingerprint density at radius 3 is 2.50 bits per heavy atom. The minimum atomic E-state index is -0.263. The van der Waals surface area contributed by atoms with Crippen LogP contribution in [0.5, 0.6) is 0 Å². The van der Waals surface area contributed by atoms with E-state index in [9.17, 15) is 9.59 Å². The summed E-state index contributed by atoms with van der Waals surface area (Å²) in [4.78, 5) is 32.8. The van der Waals surface area contributed by atoms with Crippen LogP contribution in [-0.4, -0.2) is 52.9 Å². The molecular formula is C21H33N3O2. The van der Waals surface area contributed by atoms with E-state index in [1.54, 1.807) is 6.07 Å². The van der Waals surface area contributed by atoms with E-state index in [0.717, 1.165) is 37.7 Å². The van der Waals surface area contributed by atoms with E-state index >= 15 is 0 Å². The van der Waals surface area contributed by atoms with Gasteiger partial charge in [-0.25, -0.2) is 0 Å². The summed E-state index contributed by atoms with van der Waals surface area (Å²) < 4.78 is 0. The number of aromatic nitrogens is 1. The maximum Gasteiger partial charge on any atom is 0.261 e. The van der Waals surface area contributed by atoms with Gasteiger partial charge in [0, 0.05) is 37.9 Å². The second-order valence-electron chi connectivity index (χ2n) is 8.67. The highest BCUT2D eigenvalue weighted by molar-refractivity contribution is 5.93. The molecule has 26 heavy (non-hydrogen) atoms. The lowest BCUT2D eigenvalue weighted by atomic mass is 10.0. The first-order chi connectivity index (χ1) is 12.4. The van der Waals surface area contributed by atoms with Gasteiger partial charge >= 0.3 is 0 Å². The lowest BCUT2D eigenvalue weighted by Gasteiger charge is -2.34. The van der Waals surface area contributed by atoms with Crippen molar-refractivity contribution in [1.82, 2.24) is 14.8 Å². The summed E-state index contributed by atoms with van der Waals surface area (Å²) in [5.74, 6) is 1.46. The molecule has 0 bridgehead atoms. The predicted molar refractivity (Wildman–Crippen MR) is 105 cm³/mol. The number of rotatable bonds is 5. The van der Waals surface area contributed by atoms with Gasteiger partial charge in [0.2, 0.25) is 0 Å². The molecule has 0 spiro atoms. The molecule has 1 aromatic rings. The Morgan fingerprint density at radius 2 is 1.92 bits per heavy atom. The molecule has 0 radical (unpaired) electrons. The molecule has 1 atom stereocenters. The number of nitrogens with one attached hydrogen (secondary N) is 1. The predicted octanol–water partition coefficient (Wildman–Crippen LogP) is 3.08. The molecule has 1 aromatic heterocycles. The SMILES string of the molecule is CC(C)c1ccc(C(=O)N2CCCN(CC3CC3)[C@H](C(C)C)C2)c(=O)[nH]1. The molecule has 144 valence electrons. The molecule has 0 aromatic carbocycles. The van der Waals surface area contributed by atoms with Crippen molar-refractivity contribution in [2.24, 2.45) is 11.8 Å². The van der Waals surface area contributed by atoms with Gasteiger partial charge in [0.1, 0.15) is 5.56 Å². The molecule has 1 aliphatic heterocycles. The molecule has 2 heterocycles. The zero-order valence-corrected chi connectivity index (χ0v) is 16.6. The van der Waals surface area contributed by atoms with Crippen LogP contribution in [0.25, 0.3) is 0 Å². The van der Waals surface area contributed by atoms with E-state index in [0.29, 0.717) is 18.5 Å². The highest BCUT2D eigenvalue weighted by Gasteiger charge is 2.33. The van der Waals surface area contributed by atoms with E-state index in [2.05, 4.69) is 23.7 Å². The summed E-state index contributed by atoms with van der Waals surface area (Å²) in [7, 11) is 0. The minimum Gasteiger partial charge on any atom is -0.337 e. The van der Waals surface area contributed by atoms with Gasteiger partial charge in [-0.15, -0.1) is 0 Å². The van der Waals surface area contributed by atoms with Crippen molar-refractivity contribution < 1.29 is 4.79 Å². The molecule has 5 nitrogen and oxygen atoms in total. The molecule has 1 N–H and O–H groups in total. The minimum absolute atomic E-state index is 0.125. The first-order valence-electron chi connectivity index (χ1n) is 10.1. The molecule has 1 aliphatic carbocycles. The molecule has 2 aliphatic rings. The molecule has 1 amide bonds. The van der Waals surface area contributed by atoms with Crippen molar-refractivity contribution in [2.45, 2.75) is 58.9 Å². The van der Waals surface area contributed by atoms with Crippen LogP contribution in [0, 0.1) is 11.8 Å². The number of carbonyl (C=O) groups excluding carboxylic acids is 1. The number of pyridine rings is 1. The van der Waals surface area contributed by atoms with Crippen molar-refractivity contribution in [3.05, 3.63) is 33.7 Å². The Bertz CT molecular complexity index is 691. The molecule has 3 rings (SSSR count). The van der Waals surface area contributed by atoms with Gasteiger partial charge < -0.3 is 9.88 Å². The van der Waals surface area contributed by atoms with Gasteiger partial charge in [-0.2, -0.15) is 0 Å². The summed E-state index contributed by atoms with van der Waals surface area (Å²) in [5.41, 5.74) is 0.881. The lowest BCUT2D eigenvalue weighted by Crippen LogP contribution is -2.47. The Hall–Kier alpha value is -1.62. The number of H-pyrrole nitrogens is 1. The lowest BCUT2D eigenvalue weighted by molar-refractivity contribution is 0.0702. The number of nitrogens with zero attached hydrogens (tertiary/aromatic N) is 2. The fraction of sp³-hybridized carbons (Fsp3) is 0.714. The van der Waals surface area contributed by atoms with E-state index in [1.165, 1.54) is 12.8 Å². The van der Waals surface area contributed by atoms with Gasteiger partial charge in [0.25, 0.3) is 11.5 Å². The highest BCUT2D eigenvalue weighted by Crippen LogP contribution is 2.32. The van der Waals surface area contributed by atoms with Gasteiger partial charge in [-0.1, -0.05) is 27.7 Å². The number of amides is 1. The van der Waals surface area contributed by atoms with Crippen molar-refractivity contribution in [3.63, 3.8) is 0 Å². The van der Waals surface area contributed by atoms with Crippen molar-refractivity contribution >= 4 is 5.91 Å². The summed E-state index contributed by atoms with van der Waals surface area (Å²) in [6, 6.07) is 3.94. The van der Waals surface area contributed by atoms with Crippen LogP contribution in [0.1, 0.15) is 68.9 Å². The van der Waals surface area contributed by atoms with Crippen molar-refractivity contribution in [3.8, 4) is 0 Å². The molecule has 5 heteroatoms. The topological polar surface area (TPSA) is 56.4 Å². The summed E-state index contributed by atoms with van der Waals surface area (Å²) in [6.45, 7) is 12.2. The molecule has 2 fully saturated rings. The van der Waals surface area contributed by atoms with Crippen LogP contribution < -0.4 is 5.56 Å². The average molecular weight is 360 g/mol. The standard InChI is InChI=1S/C21H33N3O2/c1-14(2)18-9-8-17(20(25)22-18)21(26)24-11-5-10-23(12-16-6-7-16)19(13-24)15(3)4/h8-9,14-16,19H,5-7,10-13H2,1-4H3,(H,22,25)/t19-/m0/s1. The zero-order chi connectivity index (χ0) is 18.8. The number of hydrogen-bond acceptors (Lipinski definition) is 3. The monoisotopic (exact) mass is 359 g/mol. The third-order valence-electron chi connectivity index (χ3n) is 5.78. The second-order valence-corrected chi connectivity index (χ2v) is 8.67. The maximum atomic E-state index is 13.1. The van der Waals surface area contributed by atoms with Crippen LogP contribution in [0.3, 0.4) is 0 Å². The van der Waals surface area contributed by atoms with Crippen LogP contribution in [0.15, 0.2) is 16.9 Å². The Kier molecular flexibility index (Phi) is 5.86. The Labute approximate surface area is 156 Å². The van der Waals surface area contributed by atoms with Gasteiger partial charge in [-0.3, -0.25) is 14.5 Å². The fourth-order valence-electron chi connectivity index (χ4n) is 3.90. The largest absolute Gasteiger partial charge is 0.337 e. The summed E-state index contributed by atoms with van der Waals surface area (Å²) in [5, 5.41) is 0. The van der Waals surface area contributed by atoms with Crippen LogP contribution >= 0.6 is 0 Å². The second kappa shape index (κ2) is 7.95. The molecular weight excluding hydrogens is 326 g/mol.